The maximum Gasteiger partial charge on any atom is 0.276 e. The second-order valence-corrected chi connectivity index (χ2v) is 5.44. The molecule has 0 fully saturated rings. The number of H-pyrrole nitrogens is 1. The minimum atomic E-state index is -0.203. The normalized spacial score (nSPS) is 10.6. The Kier molecular flexibility index (Phi) is 4.85. The van der Waals surface area contributed by atoms with Crippen molar-refractivity contribution in [2.24, 2.45) is 0 Å². The van der Waals surface area contributed by atoms with E-state index in [1.165, 1.54) is 0 Å². The molecule has 1 amide bonds. The Bertz CT molecular complexity index is 638. The van der Waals surface area contributed by atoms with Crippen LogP contribution in [0, 0.1) is 0 Å². The van der Waals surface area contributed by atoms with E-state index >= 15 is 0 Å². The summed E-state index contributed by atoms with van der Waals surface area (Å²) in [5.41, 5.74) is 8.48. The van der Waals surface area contributed by atoms with Crippen molar-refractivity contribution in [3.05, 3.63) is 46.2 Å². The van der Waals surface area contributed by atoms with Gasteiger partial charge in [0.2, 0.25) is 0 Å². The molecule has 6 heteroatoms. The van der Waals surface area contributed by atoms with Crippen molar-refractivity contribution in [1.82, 2.24) is 15.1 Å². The SMILES string of the molecule is CCCc1[nH]nc(C(=O)N(C)Cc2cccc(Cl)c2)c1N. The molecule has 0 atom stereocenters. The number of anilines is 1. The van der Waals surface area contributed by atoms with E-state index in [0.29, 0.717) is 17.3 Å². The van der Waals surface area contributed by atoms with Gasteiger partial charge in [0.1, 0.15) is 0 Å². The number of hydrogen-bond acceptors (Lipinski definition) is 3. The number of nitrogens with two attached hydrogens (primary N) is 1. The monoisotopic (exact) mass is 306 g/mol. The first-order chi connectivity index (χ1) is 10.0. The summed E-state index contributed by atoms with van der Waals surface area (Å²) in [6.45, 7) is 2.50. The third-order valence-electron chi connectivity index (χ3n) is 3.24. The number of nitrogens with zero attached hydrogens (tertiary/aromatic N) is 2. The lowest BCUT2D eigenvalue weighted by molar-refractivity contribution is 0.0780. The lowest BCUT2D eigenvalue weighted by Crippen LogP contribution is -2.27. The fourth-order valence-corrected chi connectivity index (χ4v) is 2.37. The maximum absolute atomic E-state index is 12.4. The van der Waals surface area contributed by atoms with Gasteiger partial charge < -0.3 is 10.6 Å². The van der Waals surface area contributed by atoms with Crippen molar-refractivity contribution in [3.8, 4) is 0 Å². The molecule has 21 heavy (non-hydrogen) atoms. The van der Waals surface area contributed by atoms with Crippen LogP contribution in [-0.4, -0.2) is 28.1 Å². The minimum Gasteiger partial charge on any atom is -0.395 e. The molecular weight excluding hydrogens is 288 g/mol. The number of aromatic nitrogens is 2. The lowest BCUT2D eigenvalue weighted by Gasteiger charge is -2.16. The van der Waals surface area contributed by atoms with Crippen LogP contribution >= 0.6 is 11.6 Å². The van der Waals surface area contributed by atoms with E-state index in [2.05, 4.69) is 10.2 Å². The van der Waals surface area contributed by atoms with E-state index in [1.54, 1.807) is 18.0 Å². The molecule has 1 aromatic heterocycles. The molecule has 0 saturated carbocycles. The molecule has 5 nitrogen and oxygen atoms in total. The molecule has 0 bridgehead atoms. The predicted octanol–water partition coefficient (Wildman–Crippen LogP) is 2.87. The predicted molar refractivity (Wildman–Crippen MR) is 84.2 cm³/mol. The summed E-state index contributed by atoms with van der Waals surface area (Å²) in [5.74, 6) is -0.203. The molecule has 0 aliphatic heterocycles. The molecule has 0 aliphatic rings. The second kappa shape index (κ2) is 6.63. The number of aryl methyl sites for hydroxylation is 1. The zero-order chi connectivity index (χ0) is 15.4. The highest BCUT2D eigenvalue weighted by Crippen LogP contribution is 2.18. The first-order valence-electron chi connectivity index (χ1n) is 6.85. The Morgan fingerprint density at radius 1 is 1.48 bits per heavy atom. The molecule has 2 aromatic rings. The number of halogens is 1. The second-order valence-electron chi connectivity index (χ2n) is 5.01. The van der Waals surface area contributed by atoms with E-state index in [0.717, 1.165) is 24.1 Å². The number of hydrogen-bond donors (Lipinski definition) is 2. The van der Waals surface area contributed by atoms with Crippen molar-refractivity contribution in [1.29, 1.82) is 0 Å². The standard InChI is InChI=1S/C15H19ClN4O/c1-3-5-12-13(17)14(19-18-12)15(21)20(2)9-10-6-4-7-11(16)8-10/h4,6-8H,3,5,9,17H2,1-2H3,(H,18,19). The summed E-state index contributed by atoms with van der Waals surface area (Å²) >= 11 is 5.95. The molecular formula is C15H19ClN4O. The van der Waals surface area contributed by atoms with Gasteiger partial charge in [-0.15, -0.1) is 0 Å². The molecule has 1 aromatic carbocycles. The number of nitrogen functional groups attached to an aromatic ring is 1. The number of carbonyl (C=O) groups is 1. The number of rotatable bonds is 5. The lowest BCUT2D eigenvalue weighted by atomic mass is 10.2. The first-order valence-corrected chi connectivity index (χ1v) is 7.23. The topological polar surface area (TPSA) is 75.0 Å². The molecule has 1 heterocycles. The molecule has 0 spiro atoms. The van der Waals surface area contributed by atoms with Gasteiger partial charge in [0.15, 0.2) is 5.69 Å². The van der Waals surface area contributed by atoms with Crippen molar-refractivity contribution in [2.45, 2.75) is 26.3 Å². The van der Waals surface area contributed by atoms with Gasteiger partial charge in [0.25, 0.3) is 5.91 Å². The number of carbonyl (C=O) groups excluding carboxylic acids is 1. The maximum atomic E-state index is 12.4. The zero-order valence-corrected chi connectivity index (χ0v) is 12.9. The molecule has 2 rings (SSSR count). The summed E-state index contributed by atoms with van der Waals surface area (Å²) < 4.78 is 0. The Hall–Kier alpha value is -2.01. The quantitative estimate of drug-likeness (QED) is 0.892. The third kappa shape index (κ3) is 3.55. The van der Waals surface area contributed by atoms with Crippen LogP contribution in [0.5, 0.6) is 0 Å². The van der Waals surface area contributed by atoms with Crippen LogP contribution in [-0.2, 0) is 13.0 Å². The number of benzene rings is 1. The van der Waals surface area contributed by atoms with Gasteiger partial charge in [-0.3, -0.25) is 9.89 Å². The summed E-state index contributed by atoms with van der Waals surface area (Å²) in [6, 6.07) is 7.42. The van der Waals surface area contributed by atoms with Crippen LogP contribution in [0.25, 0.3) is 0 Å². The van der Waals surface area contributed by atoms with Gasteiger partial charge in [0.05, 0.1) is 11.4 Å². The molecule has 0 saturated heterocycles. The zero-order valence-electron chi connectivity index (χ0n) is 12.2. The van der Waals surface area contributed by atoms with Gasteiger partial charge in [0, 0.05) is 18.6 Å². The van der Waals surface area contributed by atoms with Crippen LogP contribution in [0.1, 0.15) is 35.1 Å². The summed E-state index contributed by atoms with van der Waals surface area (Å²) in [5, 5.41) is 7.54. The van der Waals surface area contributed by atoms with Crippen LogP contribution in [0.15, 0.2) is 24.3 Å². The largest absolute Gasteiger partial charge is 0.395 e. The van der Waals surface area contributed by atoms with Crippen molar-refractivity contribution < 1.29 is 4.79 Å². The van der Waals surface area contributed by atoms with Gasteiger partial charge in [-0.05, 0) is 24.1 Å². The van der Waals surface area contributed by atoms with E-state index in [1.807, 2.05) is 25.1 Å². The van der Waals surface area contributed by atoms with Crippen LogP contribution in [0.4, 0.5) is 5.69 Å². The van der Waals surface area contributed by atoms with Crippen molar-refractivity contribution >= 4 is 23.2 Å². The third-order valence-corrected chi connectivity index (χ3v) is 3.48. The fourth-order valence-electron chi connectivity index (χ4n) is 2.15. The number of aromatic amines is 1. The smallest absolute Gasteiger partial charge is 0.276 e. The van der Waals surface area contributed by atoms with Gasteiger partial charge in [-0.2, -0.15) is 5.10 Å². The first kappa shape index (κ1) is 15.4. The van der Waals surface area contributed by atoms with Crippen LogP contribution in [0.2, 0.25) is 5.02 Å². The highest BCUT2D eigenvalue weighted by molar-refractivity contribution is 6.30. The van der Waals surface area contributed by atoms with Crippen LogP contribution < -0.4 is 5.73 Å². The number of amides is 1. The molecule has 0 radical (unpaired) electrons. The Morgan fingerprint density at radius 3 is 2.90 bits per heavy atom. The van der Waals surface area contributed by atoms with E-state index in [4.69, 9.17) is 17.3 Å². The highest BCUT2D eigenvalue weighted by atomic mass is 35.5. The molecule has 0 unspecified atom stereocenters. The van der Waals surface area contributed by atoms with E-state index in [-0.39, 0.29) is 11.6 Å². The van der Waals surface area contributed by atoms with Gasteiger partial charge in [-0.25, -0.2) is 0 Å². The average Bonchev–Trinajstić information content (AvgIpc) is 2.80. The summed E-state index contributed by atoms with van der Waals surface area (Å²) in [7, 11) is 1.72. The van der Waals surface area contributed by atoms with Crippen molar-refractivity contribution in [2.75, 3.05) is 12.8 Å². The summed E-state index contributed by atoms with van der Waals surface area (Å²) in [6.07, 6.45) is 1.72. The summed E-state index contributed by atoms with van der Waals surface area (Å²) in [4.78, 5) is 14.0. The molecule has 112 valence electrons. The van der Waals surface area contributed by atoms with E-state index in [9.17, 15) is 4.79 Å². The average molecular weight is 307 g/mol. The Labute approximate surface area is 129 Å². The van der Waals surface area contributed by atoms with Crippen LogP contribution in [0.3, 0.4) is 0 Å². The van der Waals surface area contributed by atoms with Gasteiger partial charge in [-0.1, -0.05) is 37.1 Å². The molecule has 0 aliphatic carbocycles. The highest BCUT2D eigenvalue weighted by Gasteiger charge is 2.20. The fraction of sp³-hybridized carbons (Fsp3) is 0.333. The molecule has 3 N–H and O–H groups in total. The number of nitrogens with one attached hydrogen (secondary N) is 1. The minimum absolute atomic E-state index is 0.203. The van der Waals surface area contributed by atoms with E-state index < -0.39 is 0 Å². The van der Waals surface area contributed by atoms with Crippen molar-refractivity contribution in [3.63, 3.8) is 0 Å². The Morgan fingerprint density at radius 2 is 2.24 bits per heavy atom. The van der Waals surface area contributed by atoms with Gasteiger partial charge >= 0.3 is 0 Å². The Balaban J connectivity index is 2.12.